The molecule has 49 heavy (non-hydrogen) atoms. The van der Waals surface area contributed by atoms with Crippen LogP contribution in [0.25, 0.3) is 22.5 Å². The van der Waals surface area contributed by atoms with Gasteiger partial charge in [-0.1, -0.05) is 80.4 Å². The summed E-state index contributed by atoms with van der Waals surface area (Å²) >= 11 is 0. The molecule has 1 aliphatic carbocycles. The maximum Gasteiger partial charge on any atom is 0.340 e. The zero-order chi connectivity index (χ0) is 34.0. The summed E-state index contributed by atoms with van der Waals surface area (Å²) in [6.07, 6.45) is 7.12. The zero-order valence-corrected chi connectivity index (χ0v) is 27.9. The Balaban J connectivity index is 1.24. The van der Waals surface area contributed by atoms with E-state index < -0.39 is 11.5 Å². The monoisotopic (exact) mass is 659 g/mol. The minimum atomic E-state index is -1.05. The van der Waals surface area contributed by atoms with Crippen LogP contribution in [-0.4, -0.2) is 48.5 Å². The molecule has 0 radical (unpaired) electrons. The number of carbonyl (C=O) groups excluding carboxylic acids is 2. The number of nitrogens with zero attached hydrogens (tertiary/aromatic N) is 5. The predicted octanol–water partition coefficient (Wildman–Crippen LogP) is 6.46. The number of H-pyrrole nitrogens is 1. The summed E-state index contributed by atoms with van der Waals surface area (Å²) in [6.45, 7) is 4.16. The van der Waals surface area contributed by atoms with Gasteiger partial charge < -0.3 is 10.1 Å². The summed E-state index contributed by atoms with van der Waals surface area (Å²) < 4.78 is 9.20. The molecule has 0 unspecified atom stereocenters. The lowest BCUT2D eigenvalue weighted by molar-refractivity contribution is -0.131. The summed E-state index contributed by atoms with van der Waals surface area (Å²) in [6, 6.07) is 23.3. The van der Waals surface area contributed by atoms with Crippen molar-refractivity contribution in [2.24, 2.45) is 0 Å². The van der Waals surface area contributed by atoms with Crippen LogP contribution in [0.2, 0.25) is 0 Å². The molecule has 0 saturated heterocycles. The fraction of sp³-hybridized carbons (Fsp3) is 0.368. The minimum Gasteiger partial charge on any atom is -0.462 e. The molecule has 3 aliphatic rings. The van der Waals surface area contributed by atoms with E-state index in [1.165, 1.54) is 0 Å². The molecular formula is C38H41N7O4. The second-order valence-electron chi connectivity index (χ2n) is 13.0. The maximum absolute atomic E-state index is 14.6. The number of carbonyl (C=O) groups is 2. The number of benzene rings is 3. The lowest BCUT2D eigenvalue weighted by Crippen LogP contribution is -2.58. The Kier molecular flexibility index (Phi) is 8.99. The van der Waals surface area contributed by atoms with Crippen molar-refractivity contribution in [2.45, 2.75) is 83.2 Å². The van der Waals surface area contributed by atoms with E-state index in [2.05, 4.69) is 61.8 Å². The number of fused-ring (bicyclic) bond motifs is 2. The fourth-order valence-corrected chi connectivity index (χ4v) is 7.68. The third kappa shape index (κ3) is 5.87. The smallest absolute Gasteiger partial charge is 0.340 e. The largest absolute Gasteiger partial charge is 0.462 e. The summed E-state index contributed by atoms with van der Waals surface area (Å²) in [4.78, 5) is 41.7. The lowest BCUT2D eigenvalue weighted by Gasteiger charge is -2.48. The molecule has 3 aromatic carbocycles. The Morgan fingerprint density at radius 1 is 0.959 bits per heavy atom. The highest BCUT2D eigenvalue weighted by atomic mass is 16.5. The van der Waals surface area contributed by atoms with Gasteiger partial charge in [0.05, 0.1) is 23.9 Å². The molecule has 8 rings (SSSR count). The molecule has 4 heterocycles. The standard InChI is InChI=1S/C38H41N7O4/c1-3-5-6-15-33-31(24-25-16-18-26(19-17-25)28-11-7-8-12-29(28)34-40-42-43-41-34)35(46)45-38(22-20-27(21-23-38)44(33)45)37(48)39-32-14-10-9-13-30(32)36(47)49-4-2/h7-14,16-19,27H,3-6,15,20-24H2,1-2H3,(H,39,48)(H,40,41,42,43). The van der Waals surface area contributed by atoms with E-state index >= 15 is 0 Å². The van der Waals surface area contributed by atoms with E-state index in [1.54, 1.807) is 35.9 Å². The molecule has 2 N–H and O–H groups in total. The Bertz CT molecular complexity index is 2020. The summed E-state index contributed by atoms with van der Waals surface area (Å²) in [7, 11) is 0. The van der Waals surface area contributed by atoms with Gasteiger partial charge in [-0.15, -0.1) is 5.10 Å². The quantitative estimate of drug-likeness (QED) is 0.116. The third-order valence-electron chi connectivity index (χ3n) is 10.1. The molecule has 0 spiro atoms. The first-order valence-corrected chi connectivity index (χ1v) is 17.3. The van der Waals surface area contributed by atoms with Crippen molar-refractivity contribution < 1.29 is 14.3 Å². The van der Waals surface area contributed by atoms with Crippen LogP contribution in [0.5, 0.6) is 0 Å². The molecule has 1 amide bonds. The van der Waals surface area contributed by atoms with Crippen LogP contribution < -0.4 is 10.9 Å². The number of anilines is 1. The van der Waals surface area contributed by atoms with Crippen LogP contribution in [0.1, 0.15) is 92.0 Å². The highest BCUT2D eigenvalue weighted by Crippen LogP contribution is 2.47. The van der Waals surface area contributed by atoms with Crippen molar-refractivity contribution in [3.8, 4) is 22.5 Å². The Morgan fingerprint density at radius 2 is 1.69 bits per heavy atom. The molecule has 1 saturated carbocycles. The average Bonchev–Trinajstić information content (AvgIpc) is 3.78. The first kappa shape index (κ1) is 32.2. The predicted molar refractivity (Wildman–Crippen MR) is 186 cm³/mol. The van der Waals surface area contributed by atoms with Gasteiger partial charge in [0.25, 0.3) is 11.5 Å². The van der Waals surface area contributed by atoms with E-state index in [1.807, 2.05) is 24.3 Å². The van der Waals surface area contributed by atoms with E-state index in [0.29, 0.717) is 36.3 Å². The Morgan fingerprint density at radius 3 is 2.41 bits per heavy atom. The highest BCUT2D eigenvalue weighted by Gasteiger charge is 2.52. The van der Waals surface area contributed by atoms with E-state index in [9.17, 15) is 14.4 Å². The molecule has 1 fully saturated rings. The number of unbranched alkanes of at least 4 members (excludes halogenated alkanes) is 2. The van der Waals surface area contributed by atoms with Gasteiger partial charge in [-0.2, -0.15) is 0 Å². The van der Waals surface area contributed by atoms with Gasteiger partial charge >= 0.3 is 5.97 Å². The molecule has 0 atom stereocenters. The van der Waals surface area contributed by atoms with Gasteiger partial charge in [0, 0.05) is 23.2 Å². The molecule has 2 aliphatic heterocycles. The minimum absolute atomic E-state index is 0.100. The summed E-state index contributed by atoms with van der Waals surface area (Å²) in [5, 5.41) is 17.5. The van der Waals surface area contributed by atoms with Crippen LogP contribution in [0.3, 0.4) is 0 Å². The number of hydrogen-bond acceptors (Lipinski definition) is 7. The SMILES string of the molecule is CCCCCc1c(Cc2ccc(-c3ccccc3-c3nnn[nH]3)cc2)c(=O)n2n1C1CCC2(C(=O)Nc2ccccc2C(=O)OCC)CC1. The first-order valence-electron chi connectivity index (χ1n) is 17.3. The second-order valence-corrected chi connectivity index (χ2v) is 13.0. The van der Waals surface area contributed by atoms with Gasteiger partial charge in [0.2, 0.25) is 0 Å². The van der Waals surface area contributed by atoms with Gasteiger partial charge in [0.15, 0.2) is 5.82 Å². The number of esters is 1. The summed E-state index contributed by atoms with van der Waals surface area (Å²) in [5.41, 5.74) is 5.29. The number of aromatic amines is 1. The number of aromatic nitrogens is 6. The average molecular weight is 660 g/mol. The van der Waals surface area contributed by atoms with Crippen LogP contribution in [0.15, 0.2) is 77.6 Å². The van der Waals surface area contributed by atoms with E-state index in [4.69, 9.17) is 4.74 Å². The topological polar surface area (TPSA) is 137 Å². The fourth-order valence-electron chi connectivity index (χ4n) is 7.68. The summed E-state index contributed by atoms with van der Waals surface area (Å²) in [5.74, 6) is -0.158. The third-order valence-corrected chi connectivity index (χ3v) is 10.1. The van der Waals surface area contributed by atoms with Crippen molar-refractivity contribution in [3.05, 3.63) is 106 Å². The van der Waals surface area contributed by atoms with Gasteiger partial charge in [0.1, 0.15) is 5.54 Å². The molecular weight excluding hydrogens is 618 g/mol. The normalized spacial score (nSPS) is 17.9. The molecule has 11 heteroatoms. The second kappa shape index (κ2) is 13.7. The maximum atomic E-state index is 14.6. The molecule has 2 bridgehead atoms. The number of rotatable bonds is 12. The van der Waals surface area contributed by atoms with Crippen molar-refractivity contribution >= 4 is 17.6 Å². The lowest BCUT2D eigenvalue weighted by atomic mass is 9.76. The van der Waals surface area contributed by atoms with Gasteiger partial charge in [-0.3, -0.25) is 14.3 Å². The number of ether oxygens (including phenoxy) is 1. The number of nitrogens with one attached hydrogen (secondary N) is 2. The first-order chi connectivity index (χ1) is 23.9. The van der Waals surface area contributed by atoms with E-state index in [0.717, 1.165) is 72.0 Å². The van der Waals surface area contributed by atoms with Crippen LogP contribution in [-0.2, 0) is 27.9 Å². The number of para-hydroxylation sites is 1. The molecule has 5 aromatic rings. The Hall–Kier alpha value is -5.32. The van der Waals surface area contributed by atoms with Crippen molar-refractivity contribution in [1.82, 2.24) is 30.0 Å². The van der Waals surface area contributed by atoms with Crippen LogP contribution >= 0.6 is 0 Å². The zero-order valence-electron chi connectivity index (χ0n) is 27.9. The van der Waals surface area contributed by atoms with Crippen LogP contribution in [0.4, 0.5) is 5.69 Å². The number of tetrazole rings is 1. The van der Waals surface area contributed by atoms with Gasteiger partial charge in [-0.25, -0.2) is 14.6 Å². The van der Waals surface area contributed by atoms with Crippen molar-refractivity contribution in [3.63, 3.8) is 0 Å². The number of amides is 1. The number of hydrogen-bond donors (Lipinski definition) is 2. The van der Waals surface area contributed by atoms with Crippen molar-refractivity contribution in [2.75, 3.05) is 11.9 Å². The highest BCUT2D eigenvalue weighted by molar-refractivity contribution is 6.03. The van der Waals surface area contributed by atoms with Gasteiger partial charge in [-0.05, 0) is 84.7 Å². The molecule has 252 valence electrons. The Labute approximate surface area is 284 Å². The van der Waals surface area contributed by atoms with Crippen LogP contribution in [0, 0.1) is 0 Å². The molecule has 2 aromatic heterocycles. The van der Waals surface area contributed by atoms with E-state index in [-0.39, 0.29) is 24.1 Å². The molecule has 11 nitrogen and oxygen atoms in total. The van der Waals surface area contributed by atoms with Crippen molar-refractivity contribution in [1.29, 1.82) is 0 Å².